The molecule has 0 aromatic heterocycles. The van der Waals surface area contributed by atoms with E-state index in [2.05, 4.69) is 33.1 Å². The molecule has 0 spiro atoms. The fourth-order valence-electron chi connectivity index (χ4n) is 2.14. The van der Waals surface area contributed by atoms with Crippen molar-refractivity contribution in [2.24, 2.45) is 5.16 Å². The highest BCUT2D eigenvalue weighted by Crippen LogP contribution is 2.36. The van der Waals surface area contributed by atoms with Gasteiger partial charge in [0.25, 0.3) is 0 Å². The third kappa shape index (κ3) is 5.27. The van der Waals surface area contributed by atoms with Crippen molar-refractivity contribution < 1.29 is 14.3 Å². The molecular formula is C20H17BrN2O3. The summed E-state index contributed by atoms with van der Waals surface area (Å²) < 4.78 is 11.8. The average molecular weight is 413 g/mol. The first-order chi connectivity index (χ1) is 12.7. The number of terminal acetylenes is 1. The van der Waals surface area contributed by atoms with Crippen LogP contribution in [0.3, 0.4) is 0 Å². The van der Waals surface area contributed by atoms with Gasteiger partial charge in [-0.1, -0.05) is 29.3 Å². The molecule has 2 aromatic carbocycles. The van der Waals surface area contributed by atoms with E-state index in [1.54, 1.807) is 18.3 Å². The van der Waals surface area contributed by atoms with E-state index in [9.17, 15) is 0 Å². The van der Waals surface area contributed by atoms with E-state index >= 15 is 0 Å². The van der Waals surface area contributed by atoms with E-state index in [0.717, 1.165) is 11.1 Å². The van der Waals surface area contributed by atoms with E-state index in [1.165, 1.54) is 0 Å². The lowest BCUT2D eigenvalue weighted by atomic mass is 10.1. The van der Waals surface area contributed by atoms with Crippen molar-refractivity contribution in [2.45, 2.75) is 13.5 Å². The van der Waals surface area contributed by atoms with Gasteiger partial charge in [-0.2, -0.15) is 5.26 Å². The van der Waals surface area contributed by atoms with Gasteiger partial charge in [0.15, 0.2) is 11.5 Å². The summed E-state index contributed by atoms with van der Waals surface area (Å²) in [5.41, 5.74) is 2.11. The Hall–Kier alpha value is -2.96. The molecule has 0 aliphatic heterocycles. The molecule has 0 amide bonds. The zero-order valence-corrected chi connectivity index (χ0v) is 15.8. The molecule has 0 N–H and O–H groups in total. The maximum absolute atomic E-state index is 9.06. The first-order valence-corrected chi connectivity index (χ1v) is 8.64. The van der Waals surface area contributed by atoms with Crippen LogP contribution in [0.25, 0.3) is 0 Å². The van der Waals surface area contributed by atoms with E-state index in [4.69, 9.17) is 26.0 Å². The molecule has 0 radical (unpaired) electrons. The fourth-order valence-corrected chi connectivity index (χ4v) is 2.71. The Kier molecular flexibility index (Phi) is 7.54. The Morgan fingerprint density at radius 1 is 1.27 bits per heavy atom. The molecule has 0 aliphatic carbocycles. The van der Waals surface area contributed by atoms with Crippen LogP contribution >= 0.6 is 15.9 Å². The van der Waals surface area contributed by atoms with Crippen LogP contribution in [0.2, 0.25) is 0 Å². The van der Waals surface area contributed by atoms with Gasteiger partial charge in [-0.05, 0) is 41.1 Å². The van der Waals surface area contributed by atoms with E-state index in [0.29, 0.717) is 28.1 Å². The molecule has 0 unspecified atom stereocenters. The third-order valence-corrected chi connectivity index (χ3v) is 3.85. The van der Waals surface area contributed by atoms with Gasteiger partial charge >= 0.3 is 0 Å². The number of hydrogen-bond acceptors (Lipinski definition) is 5. The maximum atomic E-state index is 9.06. The SMILES string of the molecule is C#CCOc1c(Br)cc(/C=N\OCc2ccccc2C#N)cc1OCC. The van der Waals surface area contributed by atoms with E-state index < -0.39 is 0 Å². The van der Waals surface area contributed by atoms with Crippen molar-refractivity contribution >= 4 is 22.1 Å². The predicted octanol–water partition coefficient (Wildman–Crippen LogP) is 4.28. The highest BCUT2D eigenvalue weighted by molar-refractivity contribution is 9.10. The lowest BCUT2D eigenvalue weighted by molar-refractivity contribution is 0.132. The average Bonchev–Trinajstić information content (AvgIpc) is 2.65. The van der Waals surface area contributed by atoms with E-state index in [1.807, 2.05) is 31.2 Å². The van der Waals surface area contributed by atoms with Crippen LogP contribution in [-0.2, 0) is 11.4 Å². The van der Waals surface area contributed by atoms with Gasteiger partial charge in [0.2, 0.25) is 0 Å². The van der Waals surface area contributed by atoms with Crippen molar-refractivity contribution in [2.75, 3.05) is 13.2 Å². The van der Waals surface area contributed by atoms with Crippen LogP contribution in [0, 0.1) is 23.7 Å². The van der Waals surface area contributed by atoms with Crippen molar-refractivity contribution in [3.63, 3.8) is 0 Å². The Bertz CT molecular complexity index is 866. The quantitative estimate of drug-likeness (QED) is 0.368. The smallest absolute Gasteiger partial charge is 0.176 e. The minimum atomic E-state index is 0.146. The second-order valence-corrected chi connectivity index (χ2v) is 5.89. The summed E-state index contributed by atoms with van der Waals surface area (Å²) in [5.74, 6) is 3.54. The minimum Gasteiger partial charge on any atom is -0.490 e. The third-order valence-electron chi connectivity index (χ3n) is 3.27. The van der Waals surface area contributed by atoms with Gasteiger partial charge in [-0.3, -0.25) is 0 Å². The van der Waals surface area contributed by atoms with Crippen molar-refractivity contribution in [1.29, 1.82) is 5.26 Å². The molecule has 5 nitrogen and oxygen atoms in total. The number of halogens is 1. The summed E-state index contributed by atoms with van der Waals surface area (Å²) >= 11 is 3.45. The minimum absolute atomic E-state index is 0.146. The molecule has 0 fully saturated rings. The van der Waals surface area contributed by atoms with Crippen LogP contribution in [0.5, 0.6) is 11.5 Å². The summed E-state index contributed by atoms with van der Waals surface area (Å²) in [7, 11) is 0. The zero-order chi connectivity index (χ0) is 18.8. The number of ether oxygens (including phenoxy) is 2. The first-order valence-electron chi connectivity index (χ1n) is 7.85. The molecular weight excluding hydrogens is 396 g/mol. The summed E-state index contributed by atoms with van der Waals surface area (Å²) in [4.78, 5) is 5.31. The summed E-state index contributed by atoms with van der Waals surface area (Å²) in [6.07, 6.45) is 6.80. The molecule has 0 saturated heterocycles. The van der Waals surface area contributed by atoms with Crippen LogP contribution in [0.1, 0.15) is 23.6 Å². The first kappa shape index (κ1) is 19.4. The predicted molar refractivity (Wildman–Crippen MR) is 103 cm³/mol. The molecule has 2 rings (SSSR count). The molecule has 26 heavy (non-hydrogen) atoms. The molecule has 0 bridgehead atoms. The lowest BCUT2D eigenvalue weighted by Crippen LogP contribution is -2.01. The van der Waals surface area contributed by atoms with E-state index in [-0.39, 0.29) is 13.2 Å². The largest absolute Gasteiger partial charge is 0.490 e. The second kappa shape index (κ2) is 10.1. The molecule has 0 saturated carbocycles. The summed E-state index contributed by atoms with van der Waals surface area (Å²) in [6.45, 7) is 2.73. The Morgan fingerprint density at radius 3 is 2.81 bits per heavy atom. The van der Waals surface area contributed by atoms with Crippen LogP contribution in [-0.4, -0.2) is 19.4 Å². The van der Waals surface area contributed by atoms with Gasteiger partial charge in [-0.25, -0.2) is 0 Å². The van der Waals surface area contributed by atoms with Gasteiger partial charge in [0.05, 0.1) is 28.9 Å². The summed E-state index contributed by atoms with van der Waals surface area (Å²) in [6, 6.07) is 13.0. The van der Waals surface area contributed by atoms with Crippen molar-refractivity contribution in [3.8, 4) is 29.9 Å². The Labute approximate surface area is 161 Å². The highest BCUT2D eigenvalue weighted by atomic mass is 79.9. The van der Waals surface area contributed by atoms with Crippen molar-refractivity contribution in [3.05, 3.63) is 57.6 Å². The molecule has 0 atom stereocenters. The normalized spacial score (nSPS) is 10.2. The van der Waals surface area contributed by atoms with Gasteiger partial charge in [0, 0.05) is 11.1 Å². The number of benzene rings is 2. The van der Waals surface area contributed by atoms with Gasteiger partial charge < -0.3 is 14.3 Å². The fraction of sp³-hybridized carbons (Fsp3) is 0.200. The van der Waals surface area contributed by atoms with Crippen LogP contribution < -0.4 is 9.47 Å². The molecule has 0 aliphatic rings. The number of nitrogens with zero attached hydrogens (tertiary/aromatic N) is 2. The molecule has 0 heterocycles. The monoisotopic (exact) mass is 412 g/mol. The van der Waals surface area contributed by atoms with Crippen LogP contribution in [0.15, 0.2) is 46.0 Å². The Balaban J connectivity index is 2.10. The molecule has 2 aromatic rings. The topological polar surface area (TPSA) is 63.8 Å². The number of rotatable bonds is 8. The molecule has 6 heteroatoms. The number of nitriles is 1. The lowest BCUT2D eigenvalue weighted by Gasteiger charge is -2.13. The Morgan fingerprint density at radius 2 is 2.08 bits per heavy atom. The highest BCUT2D eigenvalue weighted by Gasteiger charge is 2.11. The van der Waals surface area contributed by atoms with Gasteiger partial charge in [-0.15, -0.1) is 6.42 Å². The number of hydrogen-bond donors (Lipinski definition) is 0. The standard InChI is InChI=1S/C20H17BrN2O3/c1-3-9-25-20-18(21)10-15(11-19(20)24-4-2)13-23-26-14-17-8-6-5-7-16(17)12-22/h1,5-8,10-11,13H,4,9,14H2,2H3/b23-13-. The summed E-state index contributed by atoms with van der Waals surface area (Å²) in [5, 5.41) is 13.0. The number of oxime groups is 1. The zero-order valence-electron chi connectivity index (χ0n) is 14.2. The van der Waals surface area contributed by atoms with Crippen LogP contribution in [0.4, 0.5) is 0 Å². The molecule has 132 valence electrons. The second-order valence-electron chi connectivity index (χ2n) is 5.03. The van der Waals surface area contributed by atoms with Gasteiger partial charge in [0.1, 0.15) is 13.2 Å². The van der Waals surface area contributed by atoms with Crippen molar-refractivity contribution in [1.82, 2.24) is 0 Å². The maximum Gasteiger partial charge on any atom is 0.176 e.